The van der Waals surface area contributed by atoms with Crippen LogP contribution in [0.4, 0.5) is 0 Å². The number of nitrogens with one attached hydrogen (secondary N) is 1. The van der Waals surface area contributed by atoms with Gasteiger partial charge in [-0.2, -0.15) is 5.10 Å². The van der Waals surface area contributed by atoms with E-state index in [2.05, 4.69) is 15.5 Å². The Bertz CT molecular complexity index is 826. The van der Waals surface area contributed by atoms with E-state index in [1.807, 2.05) is 24.3 Å². The van der Waals surface area contributed by atoms with E-state index < -0.39 is 0 Å². The summed E-state index contributed by atoms with van der Waals surface area (Å²) in [6.07, 6.45) is 6.33. The third kappa shape index (κ3) is 2.97. The average Bonchev–Trinajstić information content (AvgIpc) is 2.55. The maximum Gasteiger partial charge on any atom is 0.201 e. The van der Waals surface area contributed by atoms with Crippen molar-refractivity contribution in [3.63, 3.8) is 0 Å². The van der Waals surface area contributed by atoms with Crippen LogP contribution < -0.4 is 10.9 Å². The van der Waals surface area contributed by atoms with Gasteiger partial charge < -0.3 is 9.84 Å². The fourth-order valence-electron chi connectivity index (χ4n) is 1.93. The number of hydrazone groups is 1. The topological polar surface area (TPSA) is 67.5 Å². The molecule has 21 heavy (non-hydrogen) atoms. The summed E-state index contributed by atoms with van der Waals surface area (Å²) in [5, 5.41) is 4.60. The number of benzene rings is 1. The van der Waals surface area contributed by atoms with Gasteiger partial charge in [-0.15, -0.1) is 0 Å². The minimum absolute atomic E-state index is 0.0914. The second-order valence-corrected chi connectivity index (χ2v) is 4.46. The molecule has 104 valence electrons. The average molecular weight is 279 g/mol. The van der Waals surface area contributed by atoms with E-state index in [4.69, 9.17) is 4.42 Å². The van der Waals surface area contributed by atoms with Crippen molar-refractivity contribution < 1.29 is 4.42 Å². The number of para-hydroxylation sites is 1. The van der Waals surface area contributed by atoms with Gasteiger partial charge in [0.15, 0.2) is 0 Å². The number of hydrogen-bond acceptors (Lipinski definition) is 5. The van der Waals surface area contributed by atoms with E-state index in [0.717, 1.165) is 5.56 Å². The summed E-state index contributed by atoms with van der Waals surface area (Å²) in [7, 11) is 0. The van der Waals surface area contributed by atoms with Crippen molar-refractivity contribution in [1.29, 1.82) is 0 Å². The molecular formula is C16H13N3O2. The summed E-state index contributed by atoms with van der Waals surface area (Å²) >= 11 is 0. The molecule has 3 aromatic rings. The van der Waals surface area contributed by atoms with Gasteiger partial charge in [-0.25, -0.2) is 0 Å². The first-order chi connectivity index (χ1) is 10.3. The highest BCUT2D eigenvalue weighted by atomic mass is 16.3. The van der Waals surface area contributed by atoms with Crippen LogP contribution in [0, 0.1) is 0 Å². The quantitative estimate of drug-likeness (QED) is 0.588. The molecule has 0 aliphatic rings. The van der Waals surface area contributed by atoms with Crippen LogP contribution in [0.15, 0.2) is 69.4 Å². The maximum atomic E-state index is 12.2. The standard InChI is InChI=1S/C16H13N3O2/c20-16-13(11-21-15-4-2-1-3-14(15)16)10-19-18-9-12-5-7-17-8-6-12/h1-8,10-11,18H,9H2. The number of fused-ring (bicyclic) bond motifs is 1. The predicted octanol–water partition coefficient (Wildman–Crippen LogP) is 2.31. The Kier molecular flexibility index (Phi) is 3.73. The molecule has 3 rings (SSSR count). The molecule has 0 aliphatic carbocycles. The van der Waals surface area contributed by atoms with Crippen molar-refractivity contribution in [2.75, 3.05) is 0 Å². The normalized spacial score (nSPS) is 11.0. The zero-order valence-corrected chi connectivity index (χ0v) is 11.2. The summed E-state index contributed by atoms with van der Waals surface area (Å²) < 4.78 is 5.41. The first kappa shape index (κ1) is 13.1. The number of aromatic nitrogens is 1. The number of rotatable bonds is 4. The van der Waals surface area contributed by atoms with Gasteiger partial charge >= 0.3 is 0 Å². The molecule has 0 aliphatic heterocycles. The van der Waals surface area contributed by atoms with Crippen LogP contribution in [0.25, 0.3) is 11.0 Å². The van der Waals surface area contributed by atoms with Crippen LogP contribution in [0.1, 0.15) is 11.1 Å². The largest absolute Gasteiger partial charge is 0.463 e. The Labute approximate surface area is 121 Å². The van der Waals surface area contributed by atoms with E-state index in [1.165, 1.54) is 12.5 Å². The number of hydrogen-bond donors (Lipinski definition) is 1. The van der Waals surface area contributed by atoms with Crippen LogP contribution in [-0.4, -0.2) is 11.2 Å². The molecule has 0 fully saturated rings. The summed E-state index contributed by atoms with van der Waals surface area (Å²) in [4.78, 5) is 16.1. The molecule has 0 spiro atoms. The lowest BCUT2D eigenvalue weighted by Crippen LogP contribution is -2.11. The molecule has 0 atom stereocenters. The minimum atomic E-state index is -0.0914. The predicted molar refractivity (Wildman–Crippen MR) is 81.2 cm³/mol. The first-order valence-electron chi connectivity index (χ1n) is 6.50. The van der Waals surface area contributed by atoms with Crippen molar-refractivity contribution >= 4 is 17.2 Å². The van der Waals surface area contributed by atoms with E-state index in [1.54, 1.807) is 24.5 Å². The highest BCUT2D eigenvalue weighted by molar-refractivity contribution is 5.86. The number of nitrogens with zero attached hydrogens (tertiary/aromatic N) is 2. The Hall–Kier alpha value is -2.95. The summed E-state index contributed by atoms with van der Waals surface area (Å²) in [5.41, 5.74) is 4.84. The van der Waals surface area contributed by atoms with Crippen molar-refractivity contribution in [3.8, 4) is 0 Å². The molecule has 2 heterocycles. The molecular weight excluding hydrogens is 266 g/mol. The molecule has 1 N–H and O–H groups in total. The monoisotopic (exact) mass is 279 g/mol. The van der Waals surface area contributed by atoms with Crippen molar-refractivity contribution in [2.45, 2.75) is 6.54 Å². The Balaban J connectivity index is 1.74. The Morgan fingerprint density at radius 3 is 2.86 bits per heavy atom. The van der Waals surface area contributed by atoms with Gasteiger partial charge in [0, 0.05) is 12.4 Å². The zero-order chi connectivity index (χ0) is 14.5. The second-order valence-electron chi connectivity index (χ2n) is 4.46. The van der Waals surface area contributed by atoms with E-state index in [0.29, 0.717) is 23.1 Å². The summed E-state index contributed by atoms with van der Waals surface area (Å²) in [6.45, 7) is 0.567. The van der Waals surface area contributed by atoms with Crippen LogP contribution >= 0.6 is 0 Å². The fourth-order valence-corrected chi connectivity index (χ4v) is 1.93. The third-order valence-electron chi connectivity index (χ3n) is 3.03. The molecule has 0 saturated carbocycles. The van der Waals surface area contributed by atoms with Gasteiger partial charge in [0.2, 0.25) is 5.43 Å². The van der Waals surface area contributed by atoms with E-state index in [9.17, 15) is 4.79 Å². The fraction of sp³-hybridized carbons (Fsp3) is 0.0625. The highest BCUT2D eigenvalue weighted by Crippen LogP contribution is 2.09. The molecule has 0 amide bonds. The van der Waals surface area contributed by atoms with Crippen LogP contribution in [0.2, 0.25) is 0 Å². The van der Waals surface area contributed by atoms with Crippen LogP contribution in [0.5, 0.6) is 0 Å². The van der Waals surface area contributed by atoms with Crippen molar-refractivity contribution in [1.82, 2.24) is 10.4 Å². The molecule has 0 radical (unpaired) electrons. The molecule has 2 aromatic heterocycles. The lowest BCUT2D eigenvalue weighted by atomic mass is 10.2. The van der Waals surface area contributed by atoms with Gasteiger partial charge in [0.05, 0.1) is 23.7 Å². The van der Waals surface area contributed by atoms with Crippen LogP contribution in [-0.2, 0) is 6.54 Å². The second kappa shape index (κ2) is 6.00. The highest BCUT2D eigenvalue weighted by Gasteiger charge is 2.03. The van der Waals surface area contributed by atoms with E-state index >= 15 is 0 Å². The molecule has 5 heteroatoms. The number of pyridine rings is 1. The molecule has 0 unspecified atom stereocenters. The maximum absolute atomic E-state index is 12.2. The molecule has 0 saturated heterocycles. The Morgan fingerprint density at radius 2 is 2.00 bits per heavy atom. The first-order valence-corrected chi connectivity index (χ1v) is 6.50. The summed E-state index contributed by atoms with van der Waals surface area (Å²) in [6, 6.07) is 10.9. The van der Waals surface area contributed by atoms with Gasteiger partial charge in [-0.3, -0.25) is 9.78 Å². The molecule has 0 bridgehead atoms. The van der Waals surface area contributed by atoms with Crippen molar-refractivity contribution in [3.05, 3.63) is 76.4 Å². The lowest BCUT2D eigenvalue weighted by molar-refractivity contribution is 0.601. The third-order valence-corrected chi connectivity index (χ3v) is 3.03. The molecule has 1 aromatic carbocycles. The van der Waals surface area contributed by atoms with Gasteiger partial charge in [0.25, 0.3) is 0 Å². The van der Waals surface area contributed by atoms with Crippen molar-refractivity contribution in [2.24, 2.45) is 5.10 Å². The Morgan fingerprint density at radius 1 is 1.19 bits per heavy atom. The van der Waals surface area contributed by atoms with Gasteiger partial charge in [-0.05, 0) is 29.8 Å². The van der Waals surface area contributed by atoms with Gasteiger partial charge in [0.1, 0.15) is 11.8 Å². The lowest BCUT2D eigenvalue weighted by Gasteiger charge is -2.00. The van der Waals surface area contributed by atoms with Crippen LogP contribution in [0.3, 0.4) is 0 Å². The zero-order valence-electron chi connectivity index (χ0n) is 11.2. The smallest absolute Gasteiger partial charge is 0.201 e. The van der Waals surface area contributed by atoms with Gasteiger partial charge in [-0.1, -0.05) is 12.1 Å². The molecule has 5 nitrogen and oxygen atoms in total. The SMILES string of the molecule is O=c1c(C=NNCc2ccncc2)coc2ccccc12. The minimum Gasteiger partial charge on any atom is -0.463 e. The van der Waals surface area contributed by atoms with E-state index in [-0.39, 0.29) is 5.43 Å². The summed E-state index contributed by atoms with van der Waals surface area (Å²) in [5.74, 6) is 0.